The van der Waals surface area contributed by atoms with Crippen LogP contribution in [0, 0.1) is 0 Å². The number of hydrogen-bond acceptors (Lipinski definition) is 3. The van der Waals surface area contributed by atoms with Crippen LogP contribution in [0.1, 0.15) is 31.2 Å². The Labute approximate surface area is 120 Å². The number of fused-ring (bicyclic) bond motifs is 1. The zero-order valence-electron chi connectivity index (χ0n) is 12.2. The maximum Gasteiger partial charge on any atom is 0.232 e. The van der Waals surface area contributed by atoms with Gasteiger partial charge >= 0.3 is 0 Å². The van der Waals surface area contributed by atoms with Crippen molar-refractivity contribution < 1.29 is 9.53 Å². The van der Waals surface area contributed by atoms with Crippen LogP contribution in [0.2, 0.25) is 0 Å². The Bertz CT molecular complexity index is 517. The molecular weight excluding hydrogens is 252 g/mol. The fraction of sp³-hybridized carbons (Fsp3) is 0.562. The summed E-state index contributed by atoms with van der Waals surface area (Å²) in [5, 5.41) is 3.33. The largest absolute Gasteiger partial charge is 0.384 e. The number of piperidine rings is 1. The van der Waals surface area contributed by atoms with Crippen LogP contribution in [0.25, 0.3) is 0 Å². The first-order valence-corrected chi connectivity index (χ1v) is 7.30. The van der Waals surface area contributed by atoms with Crippen molar-refractivity contribution in [2.24, 2.45) is 0 Å². The van der Waals surface area contributed by atoms with Crippen molar-refractivity contribution in [3.8, 4) is 0 Å². The van der Waals surface area contributed by atoms with Gasteiger partial charge in [0.1, 0.15) is 0 Å². The molecule has 4 nitrogen and oxygen atoms in total. The average molecular weight is 274 g/mol. The molecule has 1 N–H and O–H groups in total. The number of rotatable bonds is 2. The number of anilines is 1. The van der Waals surface area contributed by atoms with E-state index in [1.54, 1.807) is 7.11 Å². The molecule has 1 aromatic rings. The van der Waals surface area contributed by atoms with Gasteiger partial charge in [-0.05, 0) is 31.4 Å². The van der Waals surface area contributed by atoms with E-state index < -0.39 is 0 Å². The summed E-state index contributed by atoms with van der Waals surface area (Å²) in [5.74, 6) is 0.177. The molecule has 1 fully saturated rings. The minimum absolute atomic E-state index is 0.0505. The highest BCUT2D eigenvalue weighted by Gasteiger charge is 2.37. The maximum atomic E-state index is 12.8. The first kappa shape index (κ1) is 13.4. The van der Waals surface area contributed by atoms with Crippen LogP contribution in [0.4, 0.5) is 5.69 Å². The van der Waals surface area contributed by atoms with Crippen molar-refractivity contribution in [2.45, 2.75) is 31.3 Å². The molecule has 0 radical (unpaired) electrons. The van der Waals surface area contributed by atoms with Gasteiger partial charge in [0, 0.05) is 32.4 Å². The van der Waals surface area contributed by atoms with E-state index in [-0.39, 0.29) is 17.4 Å². The van der Waals surface area contributed by atoms with Crippen LogP contribution in [-0.2, 0) is 9.53 Å². The van der Waals surface area contributed by atoms with E-state index in [0.29, 0.717) is 13.1 Å². The van der Waals surface area contributed by atoms with E-state index in [4.69, 9.17) is 4.74 Å². The van der Waals surface area contributed by atoms with Gasteiger partial charge in [-0.3, -0.25) is 4.79 Å². The molecule has 108 valence electrons. The molecule has 4 heteroatoms. The molecule has 2 atom stereocenters. The lowest BCUT2D eigenvalue weighted by atomic mass is 9.92. The second-order valence-electron chi connectivity index (χ2n) is 6.04. The van der Waals surface area contributed by atoms with E-state index in [2.05, 4.69) is 18.3 Å². The lowest BCUT2D eigenvalue weighted by Gasteiger charge is -2.40. The fourth-order valence-electron chi connectivity index (χ4n) is 3.28. The lowest BCUT2D eigenvalue weighted by molar-refractivity contribution is -0.140. The normalized spacial score (nSPS) is 28.9. The van der Waals surface area contributed by atoms with Crippen LogP contribution in [0.15, 0.2) is 24.3 Å². The Morgan fingerprint density at radius 3 is 3.05 bits per heavy atom. The molecule has 2 unspecified atom stereocenters. The lowest BCUT2D eigenvalue weighted by Crippen LogP contribution is -2.51. The Kier molecular flexibility index (Phi) is 3.42. The number of benzene rings is 1. The van der Waals surface area contributed by atoms with Crippen LogP contribution < -0.4 is 5.32 Å². The van der Waals surface area contributed by atoms with Crippen molar-refractivity contribution in [1.82, 2.24) is 4.90 Å². The third kappa shape index (κ3) is 2.29. The SMILES string of the molecule is COC1(C)CCCN(C(=O)C2CNc3ccccc32)C1. The molecular formula is C16H22N2O2. The van der Waals surface area contributed by atoms with Gasteiger partial charge in [0.15, 0.2) is 0 Å². The molecule has 2 heterocycles. The number of likely N-dealkylation sites (tertiary alicyclic amines) is 1. The molecule has 1 saturated heterocycles. The van der Waals surface area contributed by atoms with Crippen LogP contribution in [-0.4, -0.2) is 43.2 Å². The summed E-state index contributed by atoms with van der Waals surface area (Å²) in [6.45, 7) is 4.34. The summed E-state index contributed by atoms with van der Waals surface area (Å²) in [5.41, 5.74) is 2.03. The molecule has 1 amide bonds. The van der Waals surface area contributed by atoms with Crippen LogP contribution >= 0.6 is 0 Å². The van der Waals surface area contributed by atoms with Crippen molar-refractivity contribution in [1.29, 1.82) is 0 Å². The van der Waals surface area contributed by atoms with Crippen molar-refractivity contribution >= 4 is 11.6 Å². The minimum Gasteiger partial charge on any atom is -0.384 e. The summed E-state index contributed by atoms with van der Waals surface area (Å²) >= 11 is 0. The number of para-hydroxylation sites is 1. The van der Waals surface area contributed by atoms with Gasteiger partial charge in [0.25, 0.3) is 0 Å². The highest BCUT2D eigenvalue weighted by molar-refractivity contribution is 5.88. The van der Waals surface area contributed by atoms with Crippen LogP contribution in [0.3, 0.4) is 0 Å². The molecule has 0 spiro atoms. The maximum absolute atomic E-state index is 12.8. The predicted molar refractivity (Wildman–Crippen MR) is 78.9 cm³/mol. The second kappa shape index (κ2) is 5.09. The molecule has 2 aliphatic rings. The first-order valence-electron chi connectivity index (χ1n) is 7.30. The molecule has 0 bridgehead atoms. The highest BCUT2D eigenvalue weighted by atomic mass is 16.5. The topological polar surface area (TPSA) is 41.6 Å². The molecule has 0 aromatic heterocycles. The zero-order valence-corrected chi connectivity index (χ0v) is 12.2. The van der Waals surface area contributed by atoms with Gasteiger partial charge in [-0.2, -0.15) is 0 Å². The van der Waals surface area contributed by atoms with Crippen molar-refractivity contribution in [3.05, 3.63) is 29.8 Å². The number of nitrogens with zero attached hydrogens (tertiary/aromatic N) is 1. The van der Waals surface area contributed by atoms with E-state index in [1.165, 1.54) is 0 Å². The number of ether oxygens (including phenoxy) is 1. The van der Waals surface area contributed by atoms with Crippen molar-refractivity contribution in [3.63, 3.8) is 0 Å². The Balaban J connectivity index is 1.77. The summed E-state index contributed by atoms with van der Waals surface area (Å²) < 4.78 is 5.58. The number of hydrogen-bond donors (Lipinski definition) is 1. The Morgan fingerprint density at radius 1 is 1.45 bits per heavy atom. The quantitative estimate of drug-likeness (QED) is 0.899. The van der Waals surface area contributed by atoms with Crippen molar-refractivity contribution in [2.75, 3.05) is 32.1 Å². The standard InChI is InChI=1S/C16H22N2O2/c1-16(20-2)8-5-9-18(11-16)15(19)13-10-17-14-7-4-3-6-12(13)14/h3-4,6-7,13,17H,5,8-11H2,1-2H3. The van der Waals surface area contributed by atoms with Gasteiger partial charge in [0.05, 0.1) is 11.5 Å². The van der Waals surface area contributed by atoms with E-state index >= 15 is 0 Å². The summed E-state index contributed by atoms with van der Waals surface area (Å²) in [6.07, 6.45) is 2.03. The van der Waals surface area contributed by atoms with Gasteiger partial charge < -0.3 is 15.0 Å². The Morgan fingerprint density at radius 2 is 2.25 bits per heavy atom. The third-order valence-electron chi connectivity index (χ3n) is 4.59. The summed E-state index contributed by atoms with van der Waals surface area (Å²) in [7, 11) is 1.74. The number of nitrogens with one attached hydrogen (secondary N) is 1. The predicted octanol–water partition coefficient (Wildman–Crippen LogP) is 2.22. The van der Waals surface area contributed by atoms with Crippen LogP contribution in [0.5, 0.6) is 0 Å². The highest BCUT2D eigenvalue weighted by Crippen LogP contribution is 2.34. The smallest absolute Gasteiger partial charge is 0.232 e. The number of carbonyl (C=O) groups excluding carboxylic acids is 1. The minimum atomic E-state index is -0.195. The zero-order chi connectivity index (χ0) is 14.2. The number of carbonyl (C=O) groups is 1. The molecule has 0 saturated carbocycles. The molecule has 20 heavy (non-hydrogen) atoms. The number of methoxy groups -OCH3 is 1. The Hall–Kier alpha value is -1.55. The second-order valence-corrected chi connectivity index (χ2v) is 6.04. The first-order chi connectivity index (χ1) is 9.63. The molecule has 1 aromatic carbocycles. The molecule has 3 rings (SSSR count). The van der Waals surface area contributed by atoms with E-state index in [0.717, 1.165) is 30.6 Å². The summed E-state index contributed by atoms with van der Waals surface area (Å²) in [4.78, 5) is 14.8. The third-order valence-corrected chi connectivity index (χ3v) is 4.59. The molecule has 0 aliphatic carbocycles. The van der Waals surface area contributed by atoms with Gasteiger partial charge in [-0.15, -0.1) is 0 Å². The fourth-order valence-corrected chi connectivity index (χ4v) is 3.28. The molecule has 2 aliphatic heterocycles. The monoisotopic (exact) mass is 274 g/mol. The summed E-state index contributed by atoms with van der Waals surface area (Å²) in [6, 6.07) is 8.10. The number of amides is 1. The van der Waals surface area contributed by atoms with Gasteiger partial charge in [-0.25, -0.2) is 0 Å². The van der Waals surface area contributed by atoms with E-state index in [1.807, 2.05) is 23.1 Å². The van der Waals surface area contributed by atoms with Gasteiger partial charge in [0.2, 0.25) is 5.91 Å². The van der Waals surface area contributed by atoms with Gasteiger partial charge in [-0.1, -0.05) is 18.2 Å². The average Bonchev–Trinajstić information content (AvgIpc) is 2.90. The van der Waals surface area contributed by atoms with E-state index in [9.17, 15) is 4.79 Å².